The number of carbonyl (C=O) groups excluding carboxylic acids is 1. The Labute approximate surface area is 262 Å². The van der Waals surface area contributed by atoms with Gasteiger partial charge in [-0.25, -0.2) is 14.6 Å². The summed E-state index contributed by atoms with van der Waals surface area (Å²) >= 11 is 6.13. The van der Waals surface area contributed by atoms with Crippen molar-refractivity contribution in [2.45, 2.75) is 51.9 Å². The second-order valence-electron chi connectivity index (χ2n) is 11.2. The Hall–Kier alpha value is -4.40. The number of alkyl carbamates (subject to hydrolysis) is 1. The summed E-state index contributed by atoms with van der Waals surface area (Å²) < 4.78 is 17.3. The zero-order valence-corrected chi connectivity index (χ0v) is 26.0. The van der Waals surface area contributed by atoms with Crippen molar-refractivity contribution in [3.63, 3.8) is 0 Å². The second kappa shape index (κ2) is 14.9. The zero-order valence-electron chi connectivity index (χ0n) is 25.2. The van der Waals surface area contributed by atoms with Crippen molar-refractivity contribution < 1.29 is 28.9 Å². The van der Waals surface area contributed by atoms with Crippen molar-refractivity contribution in [2.75, 3.05) is 13.2 Å². The summed E-state index contributed by atoms with van der Waals surface area (Å²) in [5.41, 5.74) is 3.64. The SMILES string of the molecule is CCOC(COc1ccc(C[C@H](NC(=O)OC(C)(C)C)C(=O)O)cc1)c1cccc(/C=C/c2ccc3ccc(Cl)cc3n2)c1. The van der Waals surface area contributed by atoms with E-state index < -0.39 is 23.7 Å². The monoisotopic (exact) mass is 616 g/mol. The first-order chi connectivity index (χ1) is 21.0. The molecular weight excluding hydrogens is 580 g/mol. The Morgan fingerprint density at radius 1 is 1.00 bits per heavy atom. The van der Waals surface area contributed by atoms with Crippen LogP contribution in [0.4, 0.5) is 4.79 Å². The fraction of sp³-hybridized carbons (Fsp3) is 0.286. The van der Waals surface area contributed by atoms with Crippen LogP contribution in [-0.2, 0) is 20.7 Å². The summed E-state index contributed by atoms with van der Waals surface area (Å²) in [5.74, 6) is -0.532. The van der Waals surface area contributed by atoms with Gasteiger partial charge in [0.2, 0.25) is 0 Å². The number of carboxylic acids is 1. The van der Waals surface area contributed by atoms with E-state index in [0.29, 0.717) is 17.4 Å². The average molecular weight is 617 g/mol. The lowest BCUT2D eigenvalue weighted by molar-refractivity contribution is -0.139. The summed E-state index contributed by atoms with van der Waals surface area (Å²) in [5, 5.41) is 13.7. The van der Waals surface area contributed by atoms with Gasteiger partial charge >= 0.3 is 12.1 Å². The maximum Gasteiger partial charge on any atom is 0.408 e. The number of ether oxygens (including phenoxy) is 3. The molecule has 4 aromatic rings. The van der Waals surface area contributed by atoms with Crippen LogP contribution in [0.5, 0.6) is 5.75 Å². The molecule has 0 spiro atoms. The lowest BCUT2D eigenvalue weighted by atomic mass is 10.1. The number of fused-ring (bicyclic) bond motifs is 1. The van der Waals surface area contributed by atoms with Crippen molar-refractivity contribution in [3.8, 4) is 5.75 Å². The number of hydrogen-bond donors (Lipinski definition) is 2. The van der Waals surface area contributed by atoms with Gasteiger partial charge in [0.05, 0.1) is 11.2 Å². The highest BCUT2D eigenvalue weighted by Crippen LogP contribution is 2.23. The Balaban J connectivity index is 1.38. The molecule has 1 unspecified atom stereocenters. The number of pyridine rings is 1. The zero-order chi connectivity index (χ0) is 31.7. The van der Waals surface area contributed by atoms with Crippen LogP contribution in [-0.4, -0.2) is 47.0 Å². The Morgan fingerprint density at radius 3 is 2.45 bits per heavy atom. The standard InChI is InChI=1S/C35H37ClN2O6/c1-5-42-32(22-43-29-17-10-24(11-18-29)20-31(33(39)40)38-34(41)44-35(2,3)4)26-8-6-7-23(19-26)9-15-28-16-13-25-12-14-27(36)21-30(25)37-28/h6-19,21,31-32H,5,20,22H2,1-4H3,(H,38,41)(H,39,40)/b15-9+/t31-,32?/m0/s1. The minimum Gasteiger partial charge on any atom is -0.491 e. The molecule has 0 saturated carbocycles. The van der Waals surface area contributed by atoms with E-state index >= 15 is 0 Å². The van der Waals surface area contributed by atoms with Crippen molar-refractivity contribution in [2.24, 2.45) is 0 Å². The quantitative estimate of drug-likeness (QED) is 0.168. The minimum atomic E-state index is -1.15. The molecular formula is C35H37ClN2O6. The number of nitrogens with zero attached hydrogens (tertiary/aromatic N) is 1. The third kappa shape index (κ3) is 9.82. The number of hydrogen-bond acceptors (Lipinski definition) is 6. The third-order valence-electron chi connectivity index (χ3n) is 6.53. The van der Waals surface area contributed by atoms with E-state index in [-0.39, 0.29) is 19.1 Å². The molecule has 0 fully saturated rings. The fourth-order valence-electron chi connectivity index (χ4n) is 4.46. The number of benzene rings is 3. The van der Waals surface area contributed by atoms with Gasteiger partial charge in [-0.1, -0.05) is 60.1 Å². The molecule has 8 nitrogen and oxygen atoms in total. The first-order valence-electron chi connectivity index (χ1n) is 14.4. The van der Waals surface area contributed by atoms with Gasteiger partial charge in [-0.15, -0.1) is 0 Å². The number of carbonyl (C=O) groups is 2. The molecule has 1 heterocycles. The third-order valence-corrected chi connectivity index (χ3v) is 6.76. The van der Waals surface area contributed by atoms with Crippen LogP contribution < -0.4 is 10.1 Å². The van der Waals surface area contributed by atoms with Gasteiger partial charge in [0, 0.05) is 23.4 Å². The van der Waals surface area contributed by atoms with Crippen LogP contribution in [0.2, 0.25) is 5.02 Å². The van der Waals surface area contributed by atoms with Crippen LogP contribution in [0.25, 0.3) is 23.1 Å². The predicted octanol–water partition coefficient (Wildman–Crippen LogP) is 7.74. The van der Waals surface area contributed by atoms with E-state index in [0.717, 1.165) is 33.3 Å². The normalized spacial score (nSPS) is 13.0. The number of aliphatic carboxylic acids is 1. The largest absolute Gasteiger partial charge is 0.491 e. The maximum absolute atomic E-state index is 12.1. The highest BCUT2D eigenvalue weighted by atomic mass is 35.5. The predicted molar refractivity (Wildman–Crippen MR) is 173 cm³/mol. The lowest BCUT2D eigenvalue weighted by Crippen LogP contribution is -2.44. The first-order valence-corrected chi connectivity index (χ1v) is 14.8. The van der Waals surface area contributed by atoms with Crippen molar-refractivity contribution in [1.82, 2.24) is 10.3 Å². The van der Waals surface area contributed by atoms with Crippen molar-refractivity contribution in [3.05, 3.63) is 106 Å². The molecule has 9 heteroatoms. The summed E-state index contributed by atoms with van der Waals surface area (Å²) in [6.07, 6.45) is 2.99. The summed E-state index contributed by atoms with van der Waals surface area (Å²) in [4.78, 5) is 28.5. The smallest absolute Gasteiger partial charge is 0.408 e. The molecule has 2 atom stereocenters. The number of halogens is 1. The summed E-state index contributed by atoms with van der Waals surface area (Å²) in [6, 6.07) is 23.7. The molecule has 1 amide bonds. The van der Waals surface area contributed by atoms with E-state index in [1.807, 2.05) is 67.6 Å². The topological polar surface area (TPSA) is 107 Å². The Morgan fingerprint density at radius 2 is 1.75 bits per heavy atom. The van der Waals surface area contributed by atoms with Crippen LogP contribution in [0, 0.1) is 0 Å². The van der Waals surface area contributed by atoms with Crippen LogP contribution in [0.3, 0.4) is 0 Å². The van der Waals surface area contributed by atoms with Gasteiger partial charge in [-0.05, 0) is 86.9 Å². The van der Waals surface area contributed by atoms with Crippen LogP contribution in [0.15, 0.2) is 78.9 Å². The Kier molecular flexibility index (Phi) is 11.0. The van der Waals surface area contributed by atoms with Gasteiger partial charge in [0.15, 0.2) is 0 Å². The molecule has 4 rings (SSSR count). The van der Waals surface area contributed by atoms with Crippen molar-refractivity contribution in [1.29, 1.82) is 0 Å². The highest BCUT2D eigenvalue weighted by molar-refractivity contribution is 6.31. The lowest BCUT2D eigenvalue weighted by Gasteiger charge is -2.22. The molecule has 0 aliphatic carbocycles. The average Bonchev–Trinajstić information content (AvgIpc) is 2.97. The van der Waals surface area contributed by atoms with E-state index in [4.69, 9.17) is 25.8 Å². The molecule has 0 bridgehead atoms. The van der Waals surface area contributed by atoms with Gasteiger partial charge in [-0.3, -0.25) is 0 Å². The van der Waals surface area contributed by atoms with Gasteiger partial charge in [0.1, 0.15) is 30.1 Å². The van der Waals surface area contributed by atoms with Crippen molar-refractivity contribution >= 4 is 46.7 Å². The second-order valence-corrected chi connectivity index (χ2v) is 11.7. The highest BCUT2D eigenvalue weighted by Gasteiger charge is 2.24. The van der Waals surface area contributed by atoms with Gasteiger partial charge in [0.25, 0.3) is 0 Å². The molecule has 44 heavy (non-hydrogen) atoms. The molecule has 2 N–H and O–H groups in total. The summed E-state index contributed by atoms with van der Waals surface area (Å²) in [7, 11) is 0. The maximum atomic E-state index is 12.1. The van der Waals surface area contributed by atoms with E-state index in [2.05, 4.69) is 16.4 Å². The summed E-state index contributed by atoms with van der Waals surface area (Å²) in [6.45, 7) is 7.88. The van der Waals surface area contributed by atoms with E-state index in [9.17, 15) is 14.7 Å². The molecule has 0 aliphatic rings. The van der Waals surface area contributed by atoms with Gasteiger partial charge < -0.3 is 24.6 Å². The van der Waals surface area contributed by atoms with Crippen LogP contribution in [0.1, 0.15) is 56.2 Å². The molecule has 0 saturated heterocycles. The van der Waals surface area contributed by atoms with E-state index in [1.165, 1.54) is 0 Å². The number of rotatable bonds is 12. The van der Waals surface area contributed by atoms with Crippen LogP contribution >= 0.6 is 11.6 Å². The molecule has 0 aliphatic heterocycles. The molecule has 0 radical (unpaired) electrons. The minimum absolute atomic E-state index is 0.0964. The Bertz CT molecular complexity index is 1610. The first kappa shape index (κ1) is 32.5. The molecule has 3 aromatic carbocycles. The number of nitrogens with one attached hydrogen (secondary N) is 1. The fourth-order valence-corrected chi connectivity index (χ4v) is 4.63. The van der Waals surface area contributed by atoms with E-state index in [1.54, 1.807) is 45.0 Å². The number of amides is 1. The number of aromatic nitrogens is 1. The number of carboxylic acid groups (broad SMARTS) is 1. The molecule has 230 valence electrons. The van der Waals surface area contributed by atoms with Gasteiger partial charge in [-0.2, -0.15) is 0 Å². The molecule has 1 aromatic heterocycles.